The molecular weight excluding hydrogens is 439 g/mol. The number of halogens is 1. The fourth-order valence-electron chi connectivity index (χ4n) is 3.56. The minimum atomic E-state index is -3.72. The van der Waals surface area contributed by atoms with E-state index in [2.05, 4.69) is 5.32 Å². The molecule has 1 aliphatic heterocycles. The van der Waals surface area contributed by atoms with Gasteiger partial charge in [0.2, 0.25) is 10.0 Å². The summed E-state index contributed by atoms with van der Waals surface area (Å²) in [5.41, 5.74) is 1.04. The van der Waals surface area contributed by atoms with Crippen molar-refractivity contribution >= 4 is 27.1 Å². The lowest BCUT2D eigenvalue weighted by molar-refractivity contribution is -0.384. The van der Waals surface area contributed by atoms with E-state index in [1.165, 1.54) is 28.8 Å². The van der Waals surface area contributed by atoms with E-state index in [0.29, 0.717) is 31.1 Å². The van der Waals surface area contributed by atoms with Crippen LogP contribution in [0.2, 0.25) is 0 Å². The zero-order valence-corrected chi connectivity index (χ0v) is 17.8. The van der Waals surface area contributed by atoms with Crippen LogP contribution in [-0.4, -0.2) is 43.8 Å². The molecule has 0 atom stereocenters. The number of benzene rings is 2. The Morgan fingerprint density at radius 3 is 2.41 bits per heavy atom. The largest absolute Gasteiger partial charge is 0.467 e. The van der Waals surface area contributed by atoms with Crippen molar-refractivity contribution in [2.45, 2.75) is 11.4 Å². The summed E-state index contributed by atoms with van der Waals surface area (Å²) in [6, 6.07) is 13.0. The lowest BCUT2D eigenvalue weighted by Crippen LogP contribution is -2.48. The molecule has 3 aromatic rings. The standard InChI is InChI=1S/C21H21FN4O5S/c22-16-3-6-19(7-4-16)32(29,30)25-11-9-24(10-12-25)17-5-8-21(26(27)28)20(14-17)23-15-18-2-1-13-31-18/h1-8,13-14,23H,9-12,15H2. The zero-order valence-electron chi connectivity index (χ0n) is 17.0. The maximum atomic E-state index is 13.1. The van der Waals surface area contributed by atoms with E-state index >= 15 is 0 Å². The van der Waals surface area contributed by atoms with Gasteiger partial charge in [-0.2, -0.15) is 4.31 Å². The molecule has 0 unspecified atom stereocenters. The third kappa shape index (κ3) is 4.58. The van der Waals surface area contributed by atoms with Gasteiger partial charge in [-0.05, 0) is 48.5 Å². The average molecular weight is 460 g/mol. The van der Waals surface area contributed by atoms with Crippen molar-refractivity contribution in [2.75, 3.05) is 36.4 Å². The first kappa shape index (κ1) is 21.8. The van der Waals surface area contributed by atoms with Crippen molar-refractivity contribution in [1.82, 2.24) is 4.31 Å². The Morgan fingerprint density at radius 1 is 1.06 bits per heavy atom. The van der Waals surface area contributed by atoms with Crippen molar-refractivity contribution in [3.8, 4) is 0 Å². The zero-order chi connectivity index (χ0) is 22.7. The van der Waals surface area contributed by atoms with Gasteiger partial charge in [-0.1, -0.05) is 0 Å². The minimum absolute atomic E-state index is 0.0482. The molecule has 0 amide bonds. The van der Waals surface area contributed by atoms with E-state index < -0.39 is 20.8 Å². The second-order valence-electron chi connectivity index (χ2n) is 7.24. The number of nitro benzene ring substituents is 1. The highest BCUT2D eigenvalue weighted by Gasteiger charge is 2.29. The predicted octanol–water partition coefficient (Wildman–Crippen LogP) is 3.45. The summed E-state index contributed by atoms with van der Waals surface area (Å²) in [6.45, 7) is 1.60. The van der Waals surface area contributed by atoms with Crippen LogP contribution >= 0.6 is 0 Å². The average Bonchev–Trinajstić information content (AvgIpc) is 3.31. The third-order valence-corrected chi connectivity index (χ3v) is 7.18. The SMILES string of the molecule is O=[N+]([O-])c1ccc(N2CCN(S(=O)(=O)c3ccc(F)cc3)CC2)cc1NCc1ccco1. The van der Waals surface area contributed by atoms with Gasteiger partial charge in [0.15, 0.2) is 0 Å². The Hall–Kier alpha value is -3.44. The maximum Gasteiger partial charge on any atom is 0.292 e. The lowest BCUT2D eigenvalue weighted by atomic mass is 10.2. The molecule has 1 N–H and O–H groups in total. The van der Waals surface area contributed by atoms with E-state index in [1.807, 2.05) is 4.90 Å². The number of rotatable bonds is 7. The highest BCUT2D eigenvalue weighted by Crippen LogP contribution is 2.31. The molecule has 2 heterocycles. The van der Waals surface area contributed by atoms with Crippen molar-refractivity contribution in [3.05, 3.63) is 82.6 Å². The Balaban J connectivity index is 1.47. The summed E-state index contributed by atoms with van der Waals surface area (Å²) in [5.74, 6) is 0.146. The molecule has 2 aromatic carbocycles. The van der Waals surface area contributed by atoms with Crippen LogP contribution in [0.1, 0.15) is 5.76 Å². The third-order valence-electron chi connectivity index (χ3n) is 5.27. The molecule has 168 valence electrons. The van der Waals surface area contributed by atoms with Crippen molar-refractivity contribution < 1.29 is 22.1 Å². The van der Waals surface area contributed by atoms with Crippen LogP contribution in [0.5, 0.6) is 0 Å². The van der Waals surface area contributed by atoms with E-state index in [9.17, 15) is 22.9 Å². The maximum absolute atomic E-state index is 13.1. The van der Waals surface area contributed by atoms with Crippen LogP contribution < -0.4 is 10.2 Å². The van der Waals surface area contributed by atoms with Gasteiger partial charge >= 0.3 is 0 Å². The van der Waals surface area contributed by atoms with Gasteiger partial charge < -0.3 is 14.6 Å². The number of nitrogens with one attached hydrogen (secondary N) is 1. The summed E-state index contributed by atoms with van der Waals surface area (Å²) in [4.78, 5) is 13.0. The summed E-state index contributed by atoms with van der Waals surface area (Å²) in [5, 5.41) is 14.4. The van der Waals surface area contributed by atoms with Gasteiger partial charge in [0, 0.05) is 37.9 Å². The molecule has 4 rings (SSSR count). The number of piperazine rings is 1. The molecule has 0 aliphatic carbocycles. The Labute approximate surface area is 184 Å². The first-order valence-electron chi connectivity index (χ1n) is 9.90. The van der Waals surface area contributed by atoms with Gasteiger partial charge in [0.1, 0.15) is 17.3 Å². The quantitative estimate of drug-likeness (QED) is 0.425. The number of furan rings is 1. The van der Waals surface area contributed by atoms with E-state index in [4.69, 9.17) is 4.42 Å². The fourth-order valence-corrected chi connectivity index (χ4v) is 4.98. The molecule has 1 saturated heterocycles. The Kier molecular flexibility index (Phi) is 6.10. The summed E-state index contributed by atoms with van der Waals surface area (Å²) < 4.78 is 45.4. The smallest absolute Gasteiger partial charge is 0.292 e. The van der Waals surface area contributed by atoms with Crippen molar-refractivity contribution in [3.63, 3.8) is 0 Å². The molecule has 0 bridgehead atoms. The summed E-state index contributed by atoms with van der Waals surface area (Å²) >= 11 is 0. The van der Waals surface area contributed by atoms with Crippen LogP contribution in [0.15, 0.2) is 70.2 Å². The molecular formula is C21H21FN4O5S. The molecule has 11 heteroatoms. The molecule has 1 aromatic heterocycles. The molecule has 32 heavy (non-hydrogen) atoms. The predicted molar refractivity (Wildman–Crippen MR) is 117 cm³/mol. The minimum Gasteiger partial charge on any atom is -0.467 e. The van der Waals surface area contributed by atoms with Crippen LogP contribution in [0, 0.1) is 15.9 Å². The lowest BCUT2D eigenvalue weighted by Gasteiger charge is -2.35. The first-order chi connectivity index (χ1) is 15.3. The van der Waals surface area contributed by atoms with Crippen LogP contribution in [-0.2, 0) is 16.6 Å². The van der Waals surface area contributed by atoms with Gasteiger partial charge in [0.25, 0.3) is 5.69 Å². The second kappa shape index (κ2) is 8.97. The van der Waals surface area contributed by atoms with Crippen LogP contribution in [0.4, 0.5) is 21.5 Å². The summed E-state index contributed by atoms with van der Waals surface area (Å²) in [7, 11) is -3.72. The molecule has 0 spiro atoms. The number of hydrogen-bond donors (Lipinski definition) is 1. The van der Waals surface area contributed by atoms with Crippen molar-refractivity contribution in [2.24, 2.45) is 0 Å². The number of hydrogen-bond acceptors (Lipinski definition) is 7. The second-order valence-corrected chi connectivity index (χ2v) is 9.17. The van der Waals surface area contributed by atoms with E-state index in [1.54, 1.807) is 24.3 Å². The van der Waals surface area contributed by atoms with Gasteiger partial charge in [0.05, 0.1) is 22.6 Å². The molecule has 1 aliphatic rings. The molecule has 1 fully saturated rings. The van der Waals surface area contributed by atoms with Gasteiger partial charge in [-0.3, -0.25) is 10.1 Å². The molecule has 9 nitrogen and oxygen atoms in total. The van der Waals surface area contributed by atoms with E-state index in [0.717, 1.165) is 17.8 Å². The number of sulfonamides is 1. The van der Waals surface area contributed by atoms with Crippen LogP contribution in [0.25, 0.3) is 0 Å². The van der Waals surface area contributed by atoms with Gasteiger partial charge in [-0.15, -0.1) is 0 Å². The van der Waals surface area contributed by atoms with Crippen molar-refractivity contribution in [1.29, 1.82) is 0 Å². The highest BCUT2D eigenvalue weighted by molar-refractivity contribution is 7.89. The molecule has 0 saturated carbocycles. The van der Waals surface area contributed by atoms with E-state index in [-0.39, 0.29) is 23.7 Å². The normalized spacial score (nSPS) is 15.0. The highest BCUT2D eigenvalue weighted by atomic mass is 32.2. The Morgan fingerprint density at radius 2 is 1.78 bits per heavy atom. The van der Waals surface area contributed by atoms with Crippen LogP contribution in [0.3, 0.4) is 0 Å². The Bertz CT molecular complexity index is 1190. The summed E-state index contributed by atoms with van der Waals surface area (Å²) in [6.07, 6.45) is 1.53. The molecule has 0 radical (unpaired) electrons. The fraction of sp³-hybridized carbons (Fsp3) is 0.238. The number of nitro groups is 1. The monoisotopic (exact) mass is 460 g/mol. The first-order valence-corrected chi connectivity index (χ1v) is 11.3. The van der Waals surface area contributed by atoms with Gasteiger partial charge in [-0.25, -0.2) is 12.8 Å². The number of nitrogens with zero attached hydrogens (tertiary/aromatic N) is 3. The number of anilines is 2. The topological polar surface area (TPSA) is 109 Å².